The molecule has 1 aliphatic rings. The minimum atomic E-state index is -1.04. The van der Waals surface area contributed by atoms with E-state index in [4.69, 9.17) is 0 Å². The Balaban J connectivity index is 1.73. The molecule has 0 bridgehead atoms. The van der Waals surface area contributed by atoms with E-state index in [1.54, 1.807) is 0 Å². The molecule has 150 valence electrons. The van der Waals surface area contributed by atoms with Crippen LogP contribution in [0.25, 0.3) is 0 Å². The van der Waals surface area contributed by atoms with Crippen molar-refractivity contribution in [3.05, 3.63) is 70.0 Å². The molecular formula is C19H17FN4O5. The summed E-state index contributed by atoms with van der Waals surface area (Å²) in [6.45, 7) is 0.420. The highest BCUT2D eigenvalue weighted by Crippen LogP contribution is 2.18. The monoisotopic (exact) mass is 400 g/mol. The number of benzene rings is 2. The summed E-state index contributed by atoms with van der Waals surface area (Å²) < 4.78 is 13.0. The smallest absolute Gasteiger partial charge is 0.269 e. The first kappa shape index (κ1) is 19.9. The van der Waals surface area contributed by atoms with Gasteiger partial charge >= 0.3 is 0 Å². The van der Waals surface area contributed by atoms with Gasteiger partial charge in [0.15, 0.2) is 0 Å². The molecule has 0 aromatic heterocycles. The Morgan fingerprint density at radius 3 is 2.45 bits per heavy atom. The van der Waals surface area contributed by atoms with Crippen LogP contribution < -0.4 is 10.6 Å². The largest absolute Gasteiger partial charge is 0.353 e. The Bertz CT molecular complexity index is 946. The fraction of sp³-hybridized carbons (Fsp3) is 0.211. The lowest BCUT2D eigenvalue weighted by atomic mass is 10.1. The Labute approximate surface area is 164 Å². The number of hydrogen-bond acceptors (Lipinski definition) is 5. The van der Waals surface area contributed by atoms with Gasteiger partial charge in [0.05, 0.1) is 11.3 Å². The van der Waals surface area contributed by atoms with Gasteiger partial charge in [-0.1, -0.05) is 0 Å². The molecule has 0 spiro atoms. The maximum Gasteiger partial charge on any atom is 0.269 e. The van der Waals surface area contributed by atoms with Crippen LogP contribution in [-0.4, -0.2) is 46.7 Å². The number of rotatable bonds is 5. The number of nitro benzene ring substituents is 1. The topological polar surface area (TPSA) is 122 Å². The standard InChI is InChI=1S/C19H17FN4O5/c20-13-3-5-14(6-4-13)22-17(25)11-16-18(26)21-9-10-23(16)19(27)12-1-7-15(8-2-12)24(28)29/h1-8,16H,9-11H2,(H,21,26)(H,22,25)/t16-/m0/s1. The van der Waals surface area contributed by atoms with Crippen molar-refractivity contribution in [2.24, 2.45) is 0 Å². The molecule has 3 amide bonds. The summed E-state index contributed by atoms with van der Waals surface area (Å²) in [5.74, 6) is -1.94. The molecule has 2 N–H and O–H groups in total. The number of nitro groups is 1. The molecule has 1 aliphatic heterocycles. The molecule has 1 saturated heterocycles. The maximum atomic E-state index is 13.0. The van der Waals surface area contributed by atoms with Gasteiger partial charge in [0.1, 0.15) is 11.9 Å². The number of anilines is 1. The Morgan fingerprint density at radius 1 is 1.17 bits per heavy atom. The fourth-order valence-electron chi connectivity index (χ4n) is 2.97. The van der Waals surface area contributed by atoms with Crippen molar-refractivity contribution in [1.82, 2.24) is 10.2 Å². The predicted octanol–water partition coefficient (Wildman–Crippen LogP) is 1.70. The van der Waals surface area contributed by atoms with Crippen molar-refractivity contribution in [3.8, 4) is 0 Å². The van der Waals surface area contributed by atoms with Crippen LogP contribution in [0.5, 0.6) is 0 Å². The van der Waals surface area contributed by atoms with Crippen molar-refractivity contribution in [1.29, 1.82) is 0 Å². The van der Waals surface area contributed by atoms with Gasteiger partial charge in [-0.3, -0.25) is 24.5 Å². The van der Waals surface area contributed by atoms with E-state index in [-0.39, 0.29) is 30.8 Å². The van der Waals surface area contributed by atoms with E-state index < -0.39 is 34.5 Å². The van der Waals surface area contributed by atoms with Crippen LogP contribution in [0.2, 0.25) is 0 Å². The van der Waals surface area contributed by atoms with Crippen LogP contribution in [0.4, 0.5) is 15.8 Å². The van der Waals surface area contributed by atoms with E-state index in [9.17, 15) is 28.9 Å². The minimum absolute atomic E-state index is 0.159. The minimum Gasteiger partial charge on any atom is -0.353 e. The average molecular weight is 400 g/mol. The fourth-order valence-corrected chi connectivity index (χ4v) is 2.97. The van der Waals surface area contributed by atoms with Gasteiger partial charge in [0.2, 0.25) is 11.8 Å². The van der Waals surface area contributed by atoms with Crippen LogP contribution in [0.3, 0.4) is 0 Å². The Hall–Kier alpha value is -3.82. The van der Waals surface area contributed by atoms with E-state index in [0.29, 0.717) is 5.69 Å². The van der Waals surface area contributed by atoms with Crippen LogP contribution in [0, 0.1) is 15.9 Å². The number of halogens is 1. The molecule has 0 radical (unpaired) electrons. The zero-order valence-electron chi connectivity index (χ0n) is 15.1. The van der Waals surface area contributed by atoms with Crippen LogP contribution >= 0.6 is 0 Å². The molecule has 29 heavy (non-hydrogen) atoms. The normalized spacial score (nSPS) is 16.1. The first-order valence-electron chi connectivity index (χ1n) is 8.73. The predicted molar refractivity (Wildman–Crippen MR) is 101 cm³/mol. The summed E-state index contributed by atoms with van der Waals surface area (Å²) in [5.41, 5.74) is 0.378. The lowest BCUT2D eigenvalue weighted by Crippen LogP contribution is -2.58. The molecule has 0 aliphatic carbocycles. The van der Waals surface area contributed by atoms with Gasteiger partial charge in [0.25, 0.3) is 11.6 Å². The van der Waals surface area contributed by atoms with Gasteiger partial charge < -0.3 is 15.5 Å². The van der Waals surface area contributed by atoms with Crippen molar-refractivity contribution in [3.63, 3.8) is 0 Å². The van der Waals surface area contributed by atoms with Gasteiger partial charge in [-0.05, 0) is 36.4 Å². The van der Waals surface area contributed by atoms with Gasteiger partial charge in [-0.15, -0.1) is 0 Å². The van der Waals surface area contributed by atoms with Crippen LogP contribution in [-0.2, 0) is 9.59 Å². The quantitative estimate of drug-likeness (QED) is 0.584. The lowest BCUT2D eigenvalue weighted by Gasteiger charge is -2.34. The first-order valence-corrected chi connectivity index (χ1v) is 8.73. The van der Waals surface area contributed by atoms with Crippen molar-refractivity contribution in [2.75, 3.05) is 18.4 Å². The van der Waals surface area contributed by atoms with E-state index >= 15 is 0 Å². The number of nitrogens with one attached hydrogen (secondary N) is 2. The van der Waals surface area contributed by atoms with E-state index in [2.05, 4.69) is 10.6 Å². The third-order valence-corrected chi connectivity index (χ3v) is 4.42. The molecule has 1 atom stereocenters. The first-order chi connectivity index (χ1) is 13.8. The molecule has 0 unspecified atom stereocenters. The zero-order valence-corrected chi connectivity index (χ0v) is 15.1. The van der Waals surface area contributed by atoms with Crippen molar-refractivity contribution in [2.45, 2.75) is 12.5 Å². The number of hydrogen-bond donors (Lipinski definition) is 2. The third kappa shape index (κ3) is 4.72. The highest BCUT2D eigenvalue weighted by Gasteiger charge is 2.35. The molecule has 2 aromatic rings. The summed E-state index contributed by atoms with van der Waals surface area (Å²) in [6.07, 6.45) is -0.290. The second-order valence-electron chi connectivity index (χ2n) is 6.37. The SMILES string of the molecule is O=C(C[C@H]1C(=O)NCCN1C(=O)c1ccc([N+](=O)[O-])cc1)Nc1ccc(F)cc1. The van der Waals surface area contributed by atoms with E-state index in [0.717, 1.165) is 0 Å². The molecule has 3 rings (SSSR count). The maximum absolute atomic E-state index is 13.0. The number of carbonyl (C=O) groups excluding carboxylic acids is 3. The lowest BCUT2D eigenvalue weighted by molar-refractivity contribution is -0.384. The number of carbonyl (C=O) groups is 3. The molecule has 10 heteroatoms. The Kier molecular flexibility index (Phi) is 5.82. The molecular weight excluding hydrogens is 383 g/mol. The summed E-state index contributed by atoms with van der Waals surface area (Å²) in [4.78, 5) is 48.9. The zero-order chi connectivity index (χ0) is 21.0. The molecule has 1 fully saturated rings. The van der Waals surface area contributed by atoms with Crippen molar-refractivity contribution >= 4 is 29.1 Å². The number of piperazine rings is 1. The summed E-state index contributed by atoms with van der Waals surface area (Å²) >= 11 is 0. The summed E-state index contributed by atoms with van der Waals surface area (Å²) in [6, 6.07) is 9.13. The second kappa shape index (κ2) is 8.46. The van der Waals surface area contributed by atoms with Gasteiger partial charge in [-0.25, -0.2) is 4.39 Å². The summed E-state index contributed by atoms with van der Waals surface area (Å²) in [7, 11) is 0. The highest BCUT2D eigenvalue weighted by atomic mass is 19.1. The van der Waals surface area contributed by atoms with E-state index in [1.165, 1.54) is 53.4 Å². The number of amides is 3. The van der Waals surface area contributed by atoms with Gasteiger partial charge in [0, 0.05) is 36.5 Å². The van der Waals surface area contributed by atoms with E-state index in [1.807, 2.05) is 0 Å². The summed E-state index contributed by atoms with van der Waals surface area (Å²) in [5, 5.41) is 15.9. The third-order valence-electron chi connectivity index (χ3n) is 4.42. The molecule has 2 aromatic carbocycles. The Morgan fingerprint density at radius 2 is 1.83 bits per heavy atom. The van der Waals surface area contributed by atoms with Crippen molar-refractivity contribution < 1.29 is 23.7 Å². The van der Waals surface area contributed by atoms with Crippen LogP contribution in [0.15, 0.2) is 48.5 Å². The molecule has 9 nitrogen and oxygen atoms in total. The number of non-ortho nitro benzene ring substituents is 1. The highest BCUT2D eigenvalue weighted by molar-refractivity contribution is 6.01. The van der Waals surface area contributed by atoms with Crippen LogP contribution in [0.1, 0.15) is 16.8 Å². The molecule has 0 saturated carbocycles. The number of nitrogens with zero attached hydrogens (tertiary/aromatic N) is 2. The molecule has 1 heterocycles. The van der Waals surface area contributed by atoms with Gasteiger partial charge in [-0.2, -0.15) is 0 Å². The average Bonchev–Trinajstić information content (AvgIpc) is 2.71. The second-order valence-corrected chi connectivity index (χ2v) is 6.37.